The lowest BCUT2D eigenvalue weighted by molar-refractivity contribution is -0.135. The number of carbonyl (C=O) groups excluding carboxylic acids is 6. The zero-order chi connectivity index (χ0) is 30.5. The zero-order valence-electron chi connectivity index (χ0n) is 24.2. The molecule has 0 aliphatic carbocycles. The van der Waals surface area contributed by atoms with Crippen LogP contribution in [0.4, 0.5) is 0 Å². The van der Waals surface area contributed by atoms with Crippen molar-refractivity contribution >= 4 is 58.2 Å². The smallest absolute Gasteiger partial charge is 0.244 e. The lowest BCUT2D eigenvalue weighted by Crippen LogP contribution is -2.60. The molecule has 13 heteroatoms. The van der Waals surface area contributed by atoms with E-state index in [1.807, 2.05) is 50.4 Å². The standard InChI is InChI=1S/C28H41N5O6S2/c1-6-16(2)23-27(38)31-20(12-13-40-5)28(39)41-15-22(30-18(4)34)26(37)29-17(3)24(35)32-21(25(36)33-23)14-19-10-8-7-9-11-19/h7-11,16-17,20-23H,6,12-15H2,1-5H3,(H,29,37)(H,30,34)(H,31,38)(H,32,35)(H,33,36)/t16-,17-,20-,21-,22-,23-/m0/s1. The van der Waals surface area contributed by atoms with Crippen molar-refractivity contribution in [3.05, 3.63) is 35.9 Å². The van der Waals surface area contributed by atoms with Gasteiger partial charge in [-0.3, -0.25) is 28.8 Å². The van der Waals surface area contributed by atoms with E-state index in [0.717, 1.165) is 17.3 Å². The van der Waals surface area contributed by atoms with Gasteiger partial charge in [0, 0.05) is 19.1 Å². The van der Waals surface area contributed by atoms with Gasteiger partial charge in [-0.15, -0.1) is 0 Å². The molecule has 1 aliphatic heterocycles. The summed E-state index contributed by atoms with van der Waals surface area (Å²) in [5.41, 5.74) is 0.786. The maximum atomic E-state index is 13.6. The fourth-order valence-corrected chi connectivity index (χ4v) is 5.55. The molecule has 1 aliphatic rings. The van der Waals surface area contributed by atoms with Crippen LogP contribution in [0.2, 0.25) is 0 Å². The van der Waals surface area contributed by atoms with E-state index in [4.69, 9.17) is 0 Å². The fraction of sp³-hybridized carbons (Fsp3) is 0.571. The monoisotopic (exact) mass is 607 g/mol. The maximum Gasteiger partial charge on any atom is 0.244 e. The van der Waals surface area contributed by atoms with E-state index < -0.39 is 59.7 Å². The van der Waals surface area contributed by atoms with Gasteiger partial charge >= 0.3 is 0 Å². The number of amides is 5. The van der Waals surface area contributed by atoms with Crippen molar-refractivity contribution < 1.29 is 28.8 Å². The van der Waals surface area contributed by atoms with Crippen molar-refractivity contribution in [3.8, 4) is 0 Å². The molecule has 0 aromatic heterocycles. The average Bonchev–Trinajstić information content (AvgIpc) is 2.94. The highest BCUT2D eigenvalue weighted by Crippen LogP contribution is 2.16. The third-order valence-corrected chi connectivity index (χ3v) is 8.47. The molecule has 5 amide bonds. The van der Waals surface area contributed by atoms with Crippen LogP contribution in [0.25, 0.3) is 0 Å². The normalized spacial score (nSPS) is 25.8. The second-order valence-corrected chi connectivity index (χ2v) is 12.1. The molecule has 0 radical (unpaired) electrons. The summed E-state index contributed by atoms with van der Waals surface area (Å²) in [6, 6.07) is 4.08. The van der Waals surface area contributed by atoms with E-state index in [0.29, 0.717) is 18.6 Å². The molecule has 1 aromatic carbocycles. The van der Waals surface area contributed by atoms with Gasteiger partial charge in [0.05, 0.1) is 6.04 Å². The van der Waals surface area contributed by atoms with Crippen molar-refractivity contribution in [2.24, 2.45) is 5.92 Å². The summed E-state index contributed by atoms with van der Waals surface area (Å²) >= 11 is 2.34. The Hall–Kier alpha value is -3.06. The topological polar surface area (TPSA) is 163 Å². The van der Waals surface area contributed by atoms with Crippen LogP contribution >= 0.6 is 23.5 Å². The second kappa shape index (κ2) is 17.0. The Labute approximate surface area is 249 Å². The van der Waals surface area contributed by atoms with Gasteiger partial charge in [0.1, 0.15) is 24.2 Å². The van der Waals surface area contributed by atoms with Gasteiger partial charge in [0.15, 0.2) is 0 Å². The molecule has 0 bridgehead atoms. The van der Waals surface area contributed by atoms with Gasteiger partial charge in [-0.25, -0.2) is 0 Å². The predicted octanol–water partition coefficient (Wildman–Crippen LogP) is 0.766. The quantitative estimate of drug-likeness (QED) is 0.289. The van der Waals surface area contributed by atoms with Crippen LogP contribution in [-0.2, 0) is 35.2 Å². The summed E-state index contributed by atoms with van der Waals surface area (Å²) in [6.45, 7) is 6.44. The summed E-state index contributed by atoms with van der Waals surface area (Å²) in [4.78, 5) is 78.3. The molecule has 226 valence electrons. The number of hydrogen-bond donors (Lipinski definition) is 5. The molecule has 2 rings (SSSR count). The molecule has 5 N–H and O–H groups in total. The summed E-state index contributed by atoms with van der Waals surface area (Å²) in [6.07, 6.45) is 2.96. The lowest BCUT2D eigenvalue weighted by atomic mass is 9.96. The fourth-order valence-electron chi connectivity index (χ4n) is 4.13. The third-order valence-electron chi connectivity index (χ3n) is 6.76. The van der Waals surface area contributed by atoms with Gasteiger partial charge in [0.25, 0.3) is 0 Å². The minimum atomic E-state index is -1.10. The Balaban J connectivity index is 2.48. The molecule has 6 atom stereocenters. The van der Waals surface area contributed by atoms with Crippen LogP contribution in [0.15, 0.2) is 30.3 Å². The molecule has 1 saturated heterocycles. The van der Waals surface area contributed by atoms with Crippen molar-refractivity contribution in [1.29, 1.82) is 0 Å². The number of hydrogen-bond acceptors (Lipinski definition) is 8. The van der Waals surface area contributed by atoms with Crippen molar-refractivity contribution in [3.63, 3.8) is 0 Å². The molecule has 0 saturated carbocycles. The number of thioether (sulfide) groups is 2. The highest BCUT2D eigenvalue weighted by Gasteiger charge is 2.34. The van der Waals surface area contributed by atoms with Gasteiger partial charge in [-0.2, -0.15) is 11.8 Å². The largest absolute Gasteiger partial charge is 0.344 e. The van der Waals surface area contributed by atoms with Gasteiger partial charge < -0.3 is 26.6 Å². The first kappa shape index (κ1) is 34.1. The van der Waals surface area contributed by atoms with Gasteiger partial charge in [-0.05, 0) is 36.8 Å². The summed E-state index contributed by atoms with van der Waals surface area (Å²) in [7, 11) is 0. The maximum absolute atomic E-state index is 13.6. The van der Waals surface area contributed by atoms with Crippen molar-refractivity contribution in [1.82, 2.24) is 26.6 Å². The Morgan fingerprint density at radius 3 is 2.24 bits per heavy atom. The van der Waals surface area contributed by atoms with Crippen LogP contribution in [-0.4, -0.2) is 82.6 Å². The van der Waals surface area contributed by atoms with E-state index in [1.165, 1.54) is 25.6 Å². The van der Waals surface area contributed by atoms with Crippen molar-refractivity contribution in [2.75, 3.05) is 17.8 Å². The number of carbonyl (C=O) groups is 6. The molecular formula is C28H41N5O6S2. The molecule has 41 heavy (non-hydrogen) atoms. The van der Waals surface area contributed by atoms with Crippen LogP contribution in [0.1, 0.15) is 46.1 Å². The Morgan fingerprint density at radius 1 is 0.976 bits per heavy atom. The molecule has 0 unspecified atom stereocenters. The number of nitrogens with one attached hydrogen (secondary N) is 5. The molecular weight excluding hydrogens is 566 g/mol. The SMILES string of the molecule is CC[C@H](C)[C@@H]1NC(=O)[C@H](Cc2ccccc2)NC(=O)[C@H](C)NC(=O)[C@@H](NC(C)=O)CSC(=O)[C@H](CCSC)NC1=O. The molecule has 11 nitrogen and oxygen atoms in total. The average molecular weight is 608 g/mol. The van der Waals surface area contributed by atoms with Gasteiger partial charge in [0.2, 0.25) is 34.7 Å². The summed E-state index contributed by atoms with van der Waals surface area (Å²) in [5, 5.41) is 13.1. The van der Waals surface area contributed by atoms with Gasteiger partial charge in [-0.1, -0.05) is 62.4 Å². The van der Waals surface area contributed by atoms with E-state index >= 15 is 0 Å². The predicted molar refractivity (Wildman–Crippen MR) is 161 cm³/mol. The Morgan fingerprint density at radius 2 is 1.63 bits per heavy atom. The highest BCUT2D eigenvalue weighted by molar-refractivity contribution is 8.13. The number of rotatable bonds is 8. The number of benzene rings is 1. The zero-order valence-corrected chi connectivity index (χ0v) is 25.8. The Bertz CT molecular complexity index is 1090. The summed E-state index contributed by atoms with van der Waals surface area (Å²) < 4.78 is 0. The molecule has 1 fully saturated rings. The molecule has 0 spiro atoms. The van der Waals surface area contributed by atoms with E-state index in [1.54, 1.807) is 0 Å². The van der Waals surface area contributed by atoms with E-state index in [2.05, 4.69) is 26.6 Å². The third kappa shape index (κ3) is 11.0. The van der Waals surface area contributed by atoms with Crippen LogP contribution in [0, 0.1) is 5.92 Å². The first-order valence-corrected chi connectivity index (χ1v) is 16.0. The first-order chi connectivity index (χ1) is 19.5. The van der Waals surface area contributed by atoms with Crippen LogP contribution in [0.5, 0.6) is 0 Å². The van der Waals surface area contributed by atoms with E-state index in [-0.39, 0.29) is 23.2 Å². The summed E-state index contributed by atoms with van der Waals surface area (Å²) in [5.74, 6) is -2.58. The lowest BCUT2D eigenvalue weighted by Gasteiger charge is -2.29. The molecule has 1 aromatic rings. The van der Waals surface area contributed by atoms with Crippen molar-refractivity contribution in [2.45, 2.75) is 77.2 Å². The minimum absolute atomic E-state index is 0.0909. The second-order valence-electron chi connectivity index (χ2n) is 10.1. The van der Waals surface area contributed by atoms with Crippen LogP contribution in [0.3, 0.4) is 0 Å². The van der Waals surface area contributed by atoms with Crippen LogP contribution < -0.4 is 26.6 Å². The molecule has 1 heterocycles. The highest BCUT2D eigenvalue weighted by atomic mass is 32.2. The van der Waals surface area contributed by atoms with E-state index in [9.17, 15) is 28.8 Å². The Kier molecular flexibility index (Phi) is 14.2. The minimum Gasteiger partial charge on any atom is -0.344 e. The first-order valence-electron chi connectivity index (χ1n) is 13.6.